The molecule has 0 aliphatic carbocycles. The highest BCUT2D eigenvalue weighted by atomic mass is 35.5. The van der Waals surface area contributed by atoms with Gasteiger partial charge in [-0.3, -0.25) is 4.90 Å². The maximum absolute atomic E-state index is 11.1. The number of methoxy groups -OCH3 is 1. The molecule has 2 N–H and O–H groups in total. The van der Waals surface area contributed by atoms with Crippen LogP contribution in [0.4, 0.5) is 0 Å². The third kappa shape index (κ3) is 4.73. The Balaban J connectivity index is 1.43. The molecule has 0 unspecified atom stereocenters. The van der Waals surface area contributed by atoms with Gasteiger partial charge in [-0.25, -0.2) is 0 Å². The van der Waals surface area contributed by atoms with E-state index in [-0.39, 0.29) is 6.04 Å². The number of aliphatic hydroxyl groups is 2. The highest BCUT2D eigenvalue weighted by Gasteiger charge is 2.35. The molecule has 0 spiro atoms. The van der Waals surface area contributed by atoms with Gasteiger partial charge in [-0.2, -0.15) is 0 Å². The molecule has 31 heavy (non-hydrogen) atoms. The fraction of sp³-hybridized carbons (Fsp3) is 0.385. The van der Waals surface area contributed by atoms with E-state index < -0.39 is 11.7 Å². The Morgan fingerprint density at radius 2 is 1.77 bits per heavy atom. The predicted octanol–water partition coefficient (Wildman–Crippen LogP) is 4.99. The maximum atomic E-state index is 11.1. The summed E-state index contributed by atoms with van der Waals surface area (Å²) in [6.07, 6.45) is 1.46. The zero-order chi connectivity index (χ0) is 22.0. The van der Waals surface area contributed by atoms with Crippen LogP contribution in [0.15, 0.2) is 60.7 Å². The van der Waals surface area contributed by atoms with Crippen molar-refractivity contribution in [1.29, 1.82) is 0 Å². The van der Waals surface area contributed by atoms with Gasteiger partial charge in [0.15, 0.2) is 0 Å². The van der Waals surface area contributed by atoms with Gasteiger partial charge in [0.25, 0.3) is 0 Å². The number of benzene rings is 3. The van der Waals surface area contributed by atoms with E-state index in [1.54, 1.807) is 7.11 Å². The summed E-state index contributed by atoms with van der Waals surface area (Å²) in [5, 5.41) is 24.6. The first-order valence-electron chi connectivity index (χ1n) is 10.8. The lowest BCUT2D eigenvalue weighted by Gasteiger charge is -2.42. The van der Waals surface area contributed by atoms with Gasteiger partial charge in [-0.05, 0) is 48.4 Å². The number of ether oxygens (including phenoxy) is 1. The highest BCUT2D eigenvalue weighted by molar-refractivity contribution is 6.37. The van der Waals surface area contributed by atoms with Crippen LogP contribution in [0.25, 0.3) is 10.8 Å². The minimum absolute atomic E-state index is 0.0487. The molecule has 0 bridgehead atoms. The second-order valence-corrected chi connectivity index (χ2v) is 9.05. The number of aliphatic hydroxyl groups excluding tert-OH is 1. The number of fused-ring (bicyclic) bond motifs is 1. The minimum Gasteiger partial charge on any atom is -0.495 e. The molecular weight excluding hydrogens is 410 g/mol. The fourth-order valence-electron chi connectivity index (χ4n) is 4.61. The molecule has 0 aromatic heterocycles. The SMILES string of the molecule is COc1ccc2cc([C@H](O)[C@@H](C)N3CCC(O)(Cc4ccccc4)CC3)ccc2c1Cl. The molecule has 1 aliphatic rings. The highest BCUT2D eigenvalue weighted by Crippen LogP contribution is 2.35. The maximum Gasteiger partial charge on any atom is 0.138 e. The van der Waals surface area contributed by atoms with Crippen molar-refractivity contribution < 1.29 is 14.9 Å². The van der Waals surface area contributed by atoms with Crippen molar-refractivity contribution in [3.63, 3.8) is 0 Å². The third-order valence-corrected chi connectivity index (χ3v) is 7.03. The van der Waals surface area contributed by atoms with Gasteiger partial charge in [0.05, 0.1) is 23.8 Å². The molecule has 1 aliphatic heterocycles. The summed E-state index contributed by atoms with van der Waals surface area (Å²) in [5.41, 5.74) is 1.35. The van der Waals surface area contributed by atoms with E-state index >= 15 is 0 Å². The van der Waals surface area contributed by atoms with Crippen molar-refractivity contribution in [1.82, 2.24) is 4.90 Å². The molecule has 3 aromatic rings. The Bertz CT molecular complexity index is 1030. The van der Waals surface area contributed by atoms with Crippen molar-refractivity contribution in [2.75, 3.05) is 20.2 Å². The smallest absolute Gasteiger partial charge is 0.138 e. The van der Waals surface area contributed by atoms with Crippen molar-refractivity contribution in [2.24, 2.45) is 0 Å². The number of hydrogen-bond acceptors (Lipinski definition) is 4. The van der Waals surface area contributed by atoms with Crippen LogP contribution >= 0.6 is 11.6 Å². The Morgan fingerprint density at radius 3 is 2.45 bits per heavy atom. The Morgan fingerprint density at radius 1 is 1.06 bits per heavy atom. The summed E-state index contributed by atoms with van der Waals surface area (Å²) in [6.45, 7) is 3.58. The minimum atomic E-state index is -0.679. The van der Waals surface area contributed by atoms with E-state index in [2.05, 4.69) is 24.0 Å². The summed E-state index contributed by atoms with van der Waals surface area (Å²) in [5.74, 6) is 0.645. The van der Waals surface area contributed by atoms with Crippen LogP contribution in [0.3, 0.4) is 0 Å². The number of hydrogen-bond donors (Lipinski definition) is 2. The molecule has 0 amide bonds. The lowest BCUT2D eigenvalue weighted by atomic mass is 9.84. The lowest BCUT2D eigenvalue weighted by Crippen LogP contribution is -2.49. The van der Waals surface area contributed by atoms with E-state index in [4.69, 9.17) is 16.3 Å². The molecule has 5 heteroatoms. The summed E-state index contributed by atoms with van der Waals surface area (Å²) in [6, 6.07) is 19.8. The quantitative estimate of drug-likeness (QED) is 0.568. The molecule has 0 saturated carbocycles. The zero-order valence-corrected chi connectivity index (χ0v) is 18.8. The first-order valence-corrected chi connectivity index (χ1v) is 11.2. The largest absolute Gasteiger partial charge is 0.495 e. The van der Waals surface area contributed by atoms with Crippen LogP contribution in [0, 0.1) is 0 Å². The molecule has 1 heterocycles. The number of piperidine rings is 1. The molecule has 1 saturated heterocycles. The van der Waals surface area contributed by atoms with Crippen LogP contribution in [0.1, 0.15) is 37.0 Å². The van der Waals surface area contributed by atoms with Crippen LogP contribution < -0.4 is 4.74 Å². The zero-order valence-electron chi connectivity index (χ0n) is 18.1. The van der Waals surface area contributed by atoms with Crippen LogP contribution in [0.2, 0.25) is 5.02 Å². The second kappa shape index (κ2) is 9.17. The molecule has 1 fully saturated rings. The Kier molecular flexibility index (Phi) is 6.54. The molecule has 3 aromatic carbocycles. The Labute approximate surface area is 189 Å². The fourth-order valence-corrected chi connectivity index (χ4v) is 4.92. The van der Waals surface area contributed by atoms with Gasteiger partial charge >= 0.3 is 0 Å². The van der Waals surface area contributed by atoms with Gasteiger partial charge in [0.2, 0.25) is 0 Å². The number of rotatable bonds is 6. The summed E-state index contributed by atoms with van der Waals surface area (Å²) in [7, 11) is 1.60. The van der Waals surface area contributed by atoms with E-state index in [1.807, 2.05) is 48.5 Å². The Hall–Kier alpha value is -2.11. The molecule has 2 atom stereocenters. The number of nitrogens with zero attached hydrogens (tertiary/aromatic N) is 1. The van der Waals surface area contributed by atoms with Gasteiger partial charge in [0, 0.05) is 30.9 Å². The number of likely N-dealkylation sites (tertiary alicyclic amines) is 1. The standard InChI is InChI=1S/C26H30ClNO3/c1-18(28-14-12-26(30,13-15-28)17-19-6-4-3-5-7-19)25(29)21-8-10-22-20(16-21)9-11-23(31-2)24(22)27/h3-11,16,18,25,29-30H,12-15,17H2,1-2H3/t18-,25-/m1/s1. The first kappa shape index (κ1) is 22.1. The van der Waals surface area contributed by atoms with Gasteiger partial charge < -0.3 is 14.9 Å². The van der Waals surface area contributed by atoms with Gasteiger partial charge in [-0.1, -0.05) is 60.1 Å². The molecule has 0 radical (unpaired) electrons. The van der Waals surface area contributed by atoms with Crippen molar-refractivity contribution in [3.8, 4) is 5.75 Å². The molecule has 4 rings (SSSR count). The van der Waals surface area contributed by atoms with E-state index in [0.717, 1.165) is 35.0 Å². The molecule has 164 valence electrons. The average molecular weight is 440 g/mol. The third-order valence-electron chi connectivity index (χ3n) is 6.64. The van der Waals surface area contributed by atoms with Crippen LogP contribution in [0.5, 0.6) is 5.75 Å². The van der Waals surface area contributed by atoms with E-state index in [1.165, 1.54) is 0 Å². The normalized spacial score (nSPS) is 18.6. The van der Waals surface area contributed by atoms with Gasteiger partial charge in [-0.15, -0.1) is 0 Å². The lowest BCUT2D eigenvalue weighted by molar-refractivity contribution is -0.0456. The van der Waals surface area contributed by atoms with Gasteiger partial charge in [0.1, 0.15) is 5.75 Å². The summed E-state index contributed by atoms with van der Waals surface area (Å²) < 4.78 is 5.29. The van der Waals surface area contributed by atoms with E-state index in [0.29, 0.717) is 30.0 Å². The van der Waals surface area contributed by atoms with Crippen molar-refractivity contribution >= 4 is 22.4 Å². The van der Waals surface area contributed by atoms with E-state index in [9.17, 15) is 10.2 Å². The molecule has 4 nitrogen and oxygen atoms in total. The average Bonchev–Trinajstić information content (AvgIpc) is 2.79. The van der Waals surface area contributed by atoms with Crippen molar-refractivity contribution in [3.05, 3.63) is 76.8 Å². The topological polar surface area (TPSA) is 52.9 Å². The van der Waals surface area contributed by atoms with Crippen LogP contribution in [-0.4, -0.2) is 47.0 Å². The first-order chi connectivity index (χ1) is 14.9. The summed E-state index contributed by atoms with van der Waals surface area (Å²) >= 11 is 6.42. The van der Waals surface area contributed by atoms with Crippen LogP contribution in [-0.2, 0) is 6.42 Å². The second-order valence-electron chi connectivity index (χ2n) is 8.67. The number of halogens is 1. The predicted molar refractivity (Wildman–Crippen MR) is 126 cm³/mol. The molecular formula is C26H30ClNO3. The monoisotopic (exact) mass is 439 g/mol. The van der Waals surface area contributed by atoms with Crippen molar-refractivity contribution in [2.45, 2.75) is 43.9 Å². The summed E-state index contributed by atoms with van der Waals surface area (Å²) in [4.78, 5) is 2.27.